The molecule has 0 spiro atoms. The number of carbonyl (C=O) groups is 2. The van der Waals surface area contributed by atoms with Gasteiger partial charge in [-0.25, -0.2) is 9.97 Å². The van der Waals surface area contributed by atoms with Crippen LogP contribution in [0.2, 0.25) is 0 Å². The zero-order valence-electron chi connectivity index (χ0n) is 26.5. The van der Waals surface area contributed by atoms with Crippen molar-refractivity contribution in [3.05, 3.63) is 66.5 Å². The van der Waals surface area contributed by atoms with Crippen LogP contribution in [0, 0.1) is 0 Å². The van der Waals surface area contributed by atoms with Crippen LogP contribution >= 0.6 is 0 Å². The van der Waals surface area contributed by atoms with Crippen LogP contribution in [0.4, 0.5) is 11.6 Å². The lowest BCUT2D eigenvalue weighted by molar-refractivity contribution is -0.153. The maximum atomic E-state index is 12.5. The van der Waals surface area contributed by atoms with E-state index in [9.17, 15) is 9.59 Å². The molecule has 0 saturated carbocycles. The van der Waals surface area contributed by atoms with Crippen LogP contribution in [-0.4, -0.2) is 95.8 Å². The van der Waals surface area contributed by atoms with Gasteiger partial charge in [-0.1, -0.05) is 24.3 Å². The minimum absolute atomic E-state index is 0.146. The summed E-state index contributed by atoms with van der Waals surface area (Å²) in [5, 5.41) is 6.35. The minimum Gasteiger partial charge on any atom is -0.492 e. The van der Waals surface area contributed by atoms with E-state index in [2.05, 4.69) is 25.5 Å². The summed E-state index contributed by atoms with van der Waals surface area (Å²) in [6.07, 6.45) is 5.17. The smallest absolute Gasteiger partial charge is 0.320 e. The highest BCUT2D eigenvalue weighted by Gasteiger charge is 2.30. The van der Waals surface area contributed by atoms with E-state index < -0.39 is 5.60 Å². The number of nitrogens with one attached hydrogen (secondary N) is 2. The van der Waals surface area contributed by atoms with Crippen LogP contribution in [0.5, 0.6) is 5.75 Å². The van der Waals surface area contributed by atoms with E-state index in [4.69, 9.17) is 14.2 Å². The van der Waals surface area contributed by atoms with Gasteiger partial charge >= 0.3 is 5.97 Å². The van der Waals surface area contributed by atoms with Crippen molar-refractivity contribution in [1.29, 1.82) is 0 Å². The number of rotatable bonds is 12. The third-order valence-corrected chi connectivity index (χ3v) is 7.63. The minimum atomic E-state index is -0.485. The molecule has 2 fully saturated rings. The van der Waals surface area contributed by atoms with Crippen molar-refractivity contribution in [2.24, 2.45) is 0 Å². The number of anilines is 2. The summed E-state index contributed by atoms with van der Waals surface area (Å²) in [5.41, 5.74) is 3.36. The summed E-state index contributed by atoms with van der Waals surface area (Å²) < 4.78 is 16.8. The molecule has 3 aromatic rings. The highest BCUT2D eigenvalue weighted by atomic mass is 16.6. The second kappa shape index (κ2) is 15.3. The molecule has 45 heavy (non-hydrogen) atoms. The fourth-order valence-electron chi connectivity index (χ4n) is 5.27. The van der Waals surface area contributed by atoms with Crippen molar-refractivity contribution in [3.8, 4) is 16.9 Å². The molecule has 2 aliphatic rings. The normalized spacial score (nSPS) is 17.2. The maximum absolute atomic E-state index is 12.5. The van der Waals surface area contributed by atoms with Crippen LogP contribution in [0.15, 0.2) is 60.9 Å². The largest absolute Gasteiger partial charge is 0.492 e. The van der Waals surface area contributed by atoms with E-state index in [1.54, 1.807) is 12.4 Å². The number of hydrogen-bond donors (Lipinski definition) is 2. The molecular weight excluding hydrogens is 572 g/mol. The van der Waals surface area contributed by atoms with Crippen molar-refractivity contribution >= 4 is 23.5 Å². The second-order valence-electron chi connectivity index (χ2n) is 12.3. The molecule has 11 heteroatoms. The highest BCUT2D eigenvalue weighted by molar-refractivity contribution is 5.81. The van der Waals surface area contributed by atoms with E-state index in [1.165, 1.54) is 0 Å². The molecule has 1 aromatic heterocycles. The summed E-state index contributed by atoms with van der Waals surface area (Å²) in [7, 11) is 0. The Balaban J connectivity index is 1.00. The zero-order valence-corrected chi connectivity index (χ0v) is 26.5. The number of amides is 1. The SMILES string of the molecule is CC(C)(C)OC(=O)CNCc1ccc(-c2cnc(Nc3ccc(OCCN4CCN(C(=O)C5CCCO5)CC4)cc3)nc2)cc1. The maximum Gasteiger partial charge on any atom is 0.320 e. The van der Waals surface area contributed by atoms with Crippen molar-refractivity contribution in [2.75, 3.05) is 57.8 Å². The lowest BCUT2D eigenvalue weighted by atomic mass is 10.1. The van der Waals surface area contributed by atoms with E-state index in [-0.39, 0.29) is 24.5 Å². The van der Waals surface area contributed by atoms with Crippen LogP contribution in [0.25, 0.3) is 11.1 Å². The third kappa shape index (κ3) is 9.97. The molecule has 3 heterocycles. The molecule has 1 amide bonds. The molecule has 11 nitrogen and oxygen atoms in total. The number of ether oxygens (including phenoxy) is 3. The van der Waals surface area contributed by atoms with E-state index in [0.717, 1.165) is 73.7 Å². The second-order valence-corrected chi connectivity index (χ2v) is 12.3. The molecule has 2 N–H and O–H groups in total. The Labute approximate surface area is 265 Å². The number of piperazine rings is 1. The monoisotopic (exact) mass is 616 g/mol. The van der Waals surface area contributed by atoms with Crippen LogP contribution in [0.1, 0.15) is 39.2 Å². The molecule has 240 valence electrons. The molecule has 5 rings (SSSR count). The van der Waals surface area contributed by atoms with Crippen molar-refractivity contribution in [3.63, 3.8) is 0 Å². The molecule has 2 saturated heterocycles. The average Bonchev–Trinajstić information content (AvgIpc) is 3.57. The quantitative estimate of drug-likeness (QED) is 0.289. The molecular formula is C34H44N6O5. The predicted octanol–water partition coefficient (Wildman–Crippen LogP) is 4.02. The van der Waals surface area contributed by atoms with Gasteiger partial charge in [0.2, 0.25) is 5.95 Å². The van der Waals surface area contributed by atoms with E-state index in [0.29, 0.717) is 25.7 Å². The first-order chi connectivity index (χ1) is 21.7. The lowest BCUT2D eigenvalue weighted by Crippen LogP contribution is -2.52. The Kier molecular flexibility index (Phi) is 11.0. The number of aromatic nitrogens is 2. The van der Waals surface area contributed by atoms with Crippen LogP contribution in [0.3, 0.4) is 0 Å². The van der Waals surface area contributed by atoms with Gasteiger partial charge in [-0.2, -0.15) is 0 Å². The van der Waals surface area contributed by atoms with Gasteiger partial charge in [0.15, 0.2) is 0 Å². The van der Waals surface area contributed by atoms with Gasteiger partial charge in [0.05, 0.1) is 6.54 Å². The first kappa shape index (κ1) is 32.3. The Bertz CT molecular complexity index is 1380. The van der Waals surface area contributed by atoms with Crippen LogP contribution in [-0.2, 0) is 25.6 Å². The van der Waals surface area contributed by atoms with Crippen molar-refractivity contribution < 1.29 is 23.8 Å². The molecule has 1 unspecified atom stereocenters. The van der Waals surface area contributed by atoms with Gasteiger partial charge in [0, 0.05) is 69.5 Å². The van der Waals surface area contributed by atoms with Gasteiger partial charge in [-0.3, -0.25) is 14.5 Å². The Morgan fingerprint density at radius 3 is 2.31 bits per heavy atom. The topological polar surface area (TPSA) is 118 Å². The predicted molar refractivity (Wildman–Crippen MR) is 172 cm³/mol. The number of hydrogen-bond acceptors (Lipinski definition) is 10. The molecule has 1 atom stereocenters. The van der Waals surface area contributed by atoms with Crippen molar-refractivity contribution in [2.45, 2.75) is 51.9 Å². The molecule has 2 aliphatic heterocycles. The average molecular weight is 617 g/mol. The summed E-state index contributed by atoms with van der Waals surface area (Å²) in [5.74, 6) is 1.18. The number of carbonyl (C=O) groups excluding carboxylic acids is 2. The Morgan fingerprint density at radius 1 is 0.956 bits per heavy atom. The summed E-state index contributed by atoms with van der Waals surface area (Å²) in [4.78, 5) is 37.6. The molecule has 0 bridgehead atoms. The van der Waals surface area contributed by atoms with Crippen molar-refractivity contribution in [1.82, 2.24) is 25.1 Å². The van der Waals surface area contributed by atoms with Gasteiger partial charge in [0.25, 0.3) is 5.91 Å². The lowest BCUT2D eigenvalue weighted by Gasteiger charge is -2.35. The van der Waals surface area contributed by atoms with Gasteiger partial charge in [-0.05, 0) is 69.0 Å². The zero-order chi connectivity index (χ0) is 31.6. The first-order valence-electron chi connectivity index (χ1n) is 15.7. The first-order valence-corrected chi connectivity index (χ1v) is 15.7. The van der Waals surface area contributed by atoms with E-state index >= 15 is 0 Å². The summed E-state index contributed by atoms with van der Waals surface area (Å²) in [6.45, 7) is 11.6. The van der Waals surface area contributed by atoms with Gasteiger partial charge in [-0.15, -0.1) is 0 Å². The highest BCUT2D eigenvalue weighted by Crippen LogP contribution is 2.22. The third-order valence-electron chi connectivity index (χ3n) is 7.63. The van der Waals surface area contributed by atoms with Gasteiger partial charge in [0.1, 0.15) is 24.1 Å². The summed E-state index contributed by atoms with van der Waals surface area (Å²) in [6, 6.07) is 15.8. The number of nitrogens with zero attached hydrogens (tertiary/aromatic N) is 4. The Hall–Kier alpha value is -4.06. The number of esters is 1. The van der Waals surface area contributed by atoms with Crippen LogP contribution < -0.4 is 15.4 Å². The molecule has 0 aliphatic carbocycles. The summed E-state index contributed by atoms with van der Waals surface area (Å²) >= 11 is 0. The molecule has 2 aromatic carbocycles. The van der Waals surface area contributed by atoms with Gasteiger partial charge < -0.3 is 29.7 Å². The number of benzene rings is 2. The Morgan fingerprint density at radius 2 is 1.67 bits per heavy atom. The fraction of sp³-hybridized carbons (Fsp3) is 0.471. The molecule has 0 radical (unpaired) electrons. The fourth-order valence-corrected chi connectivity index (χ4v) is 5.27. The standard InChI is InChI=1S/C34H44N6O5/c1-34(2,3)45-31(41)24-35-21-25-6-8-26(9-7-25)27-22-36-33(37-23-27)38-28-10-12-29(13-11-28)43-20-18-39-14-16-40(17-15-39)32(42)30-5-4-19-44-30/h6-13,22-23,30,35H,4-5,14-21,24H2,1-3H3,(H,36,37,38). The van der Waals surface area contributed by atoms with E-state index in [1.807, 2.05) is 74.2 Å².